The van der Waals surface area contributed by atoms with E-state index in [0.29, 0.717) is 24.2 Å². The van der Waals surface area contributed by atoms with E-state index in [4.69, 9.17) is 9.63 Å². The van der Waals surface area contributed by atoms with Crippen LogP contribution in [0.25, 0.3) is 10.8 Å². The van der Waals surface area contributed by atoms with Crippen molar-refractivity contribution in [3.05, 3.63) is 23.3 Å². The van der Waals surface area contributed by atoms with E-state index < -0.39 is 5.97 Å². The number of rotatable bonds is 6. The van der Waals surface area contributed by atoms with Crippen molar-refractivity contribution in [2.45, 2.75) is 25.8 Å². The lowest BCUT2D eigenvalue weighted by molar-refractivity contribution is -0.137. The van der Waals surface area contributed by atoms with Crippen LogP contribution in [0.15, 0.2) is 22.0 Å². The number of carboxylic acid groups (broad SMARTS) is 1. The first-order chi connectivity index (χ1) is 10.2. The minimum Gasteiger partial charge on any atom is -0.481 e. The highest BCUT2D eigenvalue weighted by molar-refractivity contribution is 7.13. The molecule has 1 aliphatic heterocycles. The number of nitrogens with zero attached hydrogens (tertiary/aromatic N) is 3. The van der Waals surface area contributed by atoms with Crippen molar-refractivity contribution in [2.24, 2.45) is 5.92 Å². The molecule has 3 heterocycles. The average Bonchev–Trinajstić information content (AvgIpc) is 3.18. The molecule has 2 aromatic heterocycles. The number of aliphatic carboxylic acids is 1. The van der Waals surface area contributed by atoms with Crippen molar-refractivity contribution >= 4 is 17.3 Å². The molecule has 112 valence electrons. The highest BCUT2D eigenvalue weighted by Gasteiger charge is 2.24. The van der Waals surface area contributed by atoms with Crippen molar-refractivity contribution in [3.63, 3.8) is 0 Å². The van der Waals surface area contributed by atoms with E-state index >= 15 is 0 Å². The van der Waals surface area contributed by atoms with Gasteiger partial charge in [0.15, 0.2) is 5.82 Å². The molecule has 0 radical (unpaired) electrons. The molecule has 1 atom stereocenters. The number of carbonyl (C=O) groups is 1. The number of aromatic nitrogens is 2. The minimum atomic E-state index is -0.716. The molecular weight excluding hydrogens is 290 g/mol. The van der Waals surface area contributed by atoms with Gasteiger partial charge in [-0.05, 0) is 36.8 Å². The Morgan fingerprint density at radius 1 is 1.57 bits per heavy atom. The molecular formula is C14H17N3O3S. The topological polar surface area (TPSA) is 79.5 Å². The van der Waals surface area contributed by atoms with E-state index in [1.54, 1.807) is 11.3 Å². The fourth-order valence-electron chi connectivity index (χ4n) is 2.64. The molecule has 0 saturated carbocycles. The van der Waals surface area contributed by atoms with Crippen LogP contribution in [0.2, 0.25) is 0 Å². The van der Waals surface area contributed by atoms with E-state index in [1.165, 1.54) is 0 Å². The second-order valence-corrected chi connectivity index (χ2v) is 6.26. The zero-order valence-corrected chi connectivity index (χ0v) is 12.4. The number of hydrogen-bond acceptors (Lipinski definition) is 6. The van der Waals surface area contributed by atoms with Gasteiger partial charge in [-0.1, -0.05) is 11.2 Å². The van der Waals surface area contributed by atoms with Crippen LogP contribution in [-0.4, -0.2) is 39.2 Å². The third kappa shape index (κ3) is 3.68. The molecule has 1 saturated heterocycles. The SMILES string of the molecule is O=C(O)CCC1CCN(Cc2noc(-c3cccs3)n2)C1. The Kier molecular flexibility index (Phi) is 4.31. The maximum atomic E-state index is 10.6. The van der Waals surface area contributed by atoms with Crippen LogP contribution in [0.3, 0.4) is 0 Å². The fourth-order valence-corrected chi connectivity index (χ4v) is 3.28. The van der Waals surface area contributed by atoms with Gasteiger partial charge in [-0.15, -0.1) is 11.3 Å². The number of likely N-dealkylation sites (tertiary alicyclic amines) is 1. The molecule has 0 bridgehead atoms. The lowest BCUT2D eigenvalue weighted by Gasteiger charge is -2.12. The molecule has 0 aromatic carbocycles. The summed E-state index contributed by atoms with van der Waals surface area (Å²) in [4.78, 5) is 18.3. The monoisotopic (exact) mass is 307 g/mol. The van der Waals surface area contributed by atoms with Crippen LogP contribution in [0.5, 0.6) is 0 Å². The predicted molar refractivity (Wildman–Crippen MR) is 77.9 cm³/mol. The van der Waals surface area contributed by atoms with Crippen molar-refractivity contribution in [1.29, 1.82) is 0 Å². The van der Waals surface area contributed by atoms with E-state index in [0.717, 1.165) is 30.8 Å². The first-order valence-electron chi connectivity index (χ1n) is 7.01. The molecule has 2 aromatic rings. The number of hydrogen-bond donors (Lipinski definition) is 1. The van der Waals surface area contributed by atoms with Crippen LogP contribution < -0.4 is 0 Å². The Balaban J connectivity index is 1.52. The van der Waals surface area contributed by atoms with Crippen molar-refractivity contribution in [3.8, 4) is 10.8 Å². The largest absolute Gasteiger partial charge is 0.481 e. The van der Waals surface area contributed by atoms with E-state index in [9.17, 15) is 4.79 Å². The zero-order valence-electron chi connectivity index (χ0n) is 11.6. The highest BCUT2D eigenvalue weighted by Crippen LogP contribution is 2.25. The second-order valence-electron chi connectivity index (χ2n) is 5.32. The van der Waals surface area contributed by atoms with E-state index in [-0.39, 0.29) is 6.42 Å². The molecule has 1 N–H and O–H groups in total. The summed E-state index contributed by atoms with van der Waals surface area (Å²) >= 11 is 1.58. The maximum Gasteiger partial charge on any atom is 0.303 e. The summed E-state index contributed by atoms with van der Waals surface area (Å²) in [5, 5.41) is 14.7. The Morgan fingerprint density at radius 3 is 3.24 bits per heavy atom. The molecule has 0 aliphatic carbocycles. The lowest BCUT2D eigenvalue weighted by atomic mass is 10.0. The van der Waals surface area contributed by atoms with E-state index in [1.807, 2.05) is 17.5 Å². The fraction of sp³-hybridized carbons (Fsp3) is 0.500. The van der Waals surface area contributed by atoms with Gasteiger partial charge in [-0.3, -0.25) is 9.69 Å². The van der Waals surface area contributed by atoms with Crippen molar-refractivity contribution < 1.29 is 14.4 Å². The van der Waals surface area contributed by atoms with Gasteiger partial charge in [0.25, 0.3) is 5.89 Å². The second kappa shape index (κ2) is 6.36. The van der Waals surface area contributed by atoms with Crippen molar-refractivity contribution in [1.82, 2.24) is 15.0 Å². The quantitative estimate of drug-likeness (QED) is 0.883. The van der Waals surface area contributed by atoms with Gasteiger partial charge in [0.2, 0.25) is 0 Å². The Labute approximate surface area is 126 Å². The van der Waals surface area contributed by atoms with Crippen LogP contribution in [0.4, 0.5) is 0 Å². The molecule has 6 nitrogen and oxygen atoms in total. The normalized spacial score (nSPS) is 19.1. The first-order valence-corrected chi connectivity index (χ1v) is 7.89. The molecule has 1 unspecified atom stereocenters. The predicted octanol–water partition coefficient (Wildman–Crippen LogP) is 2.48. The summed E-state index contributed by atoms with van der Waals surface area (Å²) in [6, 6.07) is 3.91. The number of carboxylic acids is 1. The molecule has 3 rings (SSSR count). The molecule has 1 fully saturated rings. The Bertz CT molecular complexity index is 596. The van der Waals surface area contributed by atoms with Crippen LogP contribution in [0.1, 0.15) is 25.1 Å². The summed E-state index contributed by atoms with van der Waals surface area (Å²) in [6.07, 6.45) is 2.05. The Hall–Kier alpha value is -1.73. The van der Waals surface area contributed by atoms with Gasteiger partial charge in [-0.25, -0.2) is 0 Å². The summed E-state index contributed by atoms with van der Waals surface area (Å²) in [7, 11) is 0. The highest BCUT2D eigenvalue weighted by atomic mass is 32.1. The van der Waals surface area contributed by atoms with E-state index in [2.05, 4.69) is 15.0 Å². The molecule has 0 spiro atoms. The average molecular weight is 307 g/mol. The maximum absolute atomic E-state index is 10.6. The molecule has 1 aliphatic rings. The Morgan fingerprint density at radius 2 is 2.48 bits per heavy atom. The zero-order chi connectivity index (χ0) is 14.7. The minimum absolute atomic E-state index is 0.253. The van der Waals surface area contributed by atoms with Crippen LogP contribution in [-0.2, 0) is 11.3 Å². The van der Waals surface area contributed by atoms with Gasteiger partial charge < -0.3 is 9.63 Å². The smallest absolute Gasteiger partial charge is 0.303 e. The summed E-state index contributed by atoms with van der Waals surface area (Å²) in [5.74, 6) is 1.01. The standard InChI is InChI=1S/C14H17N3O3S/c18-13(19)4-3-10-5-6-17(8-10)9-12-15-14(20-16-12)11-2-1-7-21-11/h1-2,7,10H,3-6,8-9H2,(H,18,19). The van der Waals surface area contributed by atoms with Gasteiger partial charge in [-0.2, -0.15) is 4.98 Å². The van der Waals surface area contributed by atoms with Gasteiger partial charge in [0.1, 0.15) is 0 Å². The molecule has 21 heavy (non-hydrogen) atoms. The van der Waals surface area contributed by atoms with Gasteiger partial charge in [0, 0.05) is 13.0 Å². The third-order valence-corrected chi connectivity index (χ3v) is 4.56. The first kappa shape index (κ1) is 14.2. The molecule has 0 amide bonds. The van der Waals surface area contributed by atoms with Gasteiger partial charge >= 0.3 is 5.97 Å². The van der Waals surface area contributed by atoms with Gasteiger partial charge in [0.05, 0.1) is 11.4 Å². The summed E-state index contributed by atoms with van der Waals surface area (Å²) in [5.41, 5.74) is 0. The molecule has 7 heteroatoms. The number of thiophene rings is 1. The summed E-state index contributed by atoms with van der Waals surface area (Å²) < 4.78 is 5.27. The van der Waals surface area contributed by atoms with Crippen molar-refractivity contribution in [2.75, 3.05) is 13.1 Å². The summed E-state index contributed by atoms with van der Waals surface area (Å²) in [6.45, 7) is 2.54. The van der Waals surface area contributed by atoms with Crippen LogP contribution in [0, 0.1) is 5.92 Å². The lowest BCUT2D eigenvalue weighted by Crippen LogP contribution is -2.21. The van der Waals surface area contributed by atoms with Crippen LogP contribution >= 0.6 is 11.3 Å². The third-order valence-electron chi connectivity index (χ3n) is 3.70.